The van der Waals surface area contributed by atoms with Crippen LogP contribution in [0, 0.1) is 24.2 Å². The zero-order chi connectivity index (χ0) is 43.3. The summed E-state index contributed by atoms with van der Waals surface area (Å²) in [5, 5.41) is 15.4. The zero-order valence-corrected chi connectivity index (χ0v) is 37.7. The molecule has 0 saturated carbocycles. The van der Waals surface area contributed by atoms with Crippen LogP contribution in [-0.4, -0.2) is 90.8 Å². The highest BCUT2D eigenvalue weighted by atomic mass is 35.5. The third kappa shape index (κ3) is 10.9. The second-order valence-electron chi connectivity index (χ2n) is 18.2. The number of aryl methyl sites for hydroxylation is 1. The molecule has 2 fully saturated rings. The first-order chi connectivity index (χ1) is 29.2. The molecule has 3 N–H and O–H groups in total. The average molecular weight is 867 g/mol. The van der Waals surface area contributed by atoms with E-state index in [0.29, 0.717) is 17.4 Å². The molecule has 13 heteroatoms. The molecule has 5 aromatic rings. The predicted octanol–water partition coefficient (Wildman–Crippen LogP) is 8.99. The molecular formula is C48H60ClN7O4S. The van der Waals surface area contributed by atoms with Crippen molar-refractivity contribution in [2.45, 2.75) is 111 Å². The van der Waals surface area contributed by atoms with E-state index in [2.05, 4.69) is 31.2 Å². The van der Waals surface area contributed by atoms with Gasteiger partial charge in [0.25, 0.3) is 0 Å². The smallest absolute Gasteiger partial charge is 0.243 e. The van der Waals surface area contributed by atoms with Gasteiger partial charge in [-0.25, -0.2) is 15.0 Å². The minimum atomic E-state index is -0.807. The van der Waals surface area contributed by atoms with Crippen molar-refractivity contribution in [3.63, 3.8) is 0 Å². The van der Waals surface area contributed by atoms with Crippen molar-refractivity contribution in [3.05, 3.63) is 88.5 Å². The molecule has 2 amide bonds. The van der Waals surface area contributed by atoms with E-state index < -0.39 is 23.5 Å². The predicted molar refractivity (Wildman–Crippen MR) is 243 cm³/mol. The summed E-state index contributed by atoms with van der Waals surface area (Å²) in [6.45, 7) is 12.9. The Bertz CT molecular complexity index is 2300. The maximum atomic E-state index is 14.2. The van der Waals surface area contributed by atoms with Crippen LogP contribution in [0.25, 0.3) is 32.6 Å². The van der Waals surface area contributed by atoms with Crippen molar-refractivity contribution in [2.24, 2.45) is 17.3 Å². The quantitative estimate of drug-likeness (QED) is 0.0835. The molecule has 5 atom stereocenters. The van der Waals surface area contributed by atoms with E-state index in [4.69, 9.17) is 16.6 Å². The number of aliphatic hydroxyl groups excluding tert-OH is 1. The number of amides is 2. The van der Waals surface area contributed by atoms with Gasteiger partial charge in [-0.15, -0.1) is 11.3 Å². The maximum absolute atomic E-state index is 14.2. The van der Waals surface area contributed by atoms with Crippen molar-refractivity contribution in [1.82, 2.24) is 35.1 Å². The number of hydrogen-bond acceptors (Lipinski definition) is 9. The van der Waals surface area contributed by atoms with Gasteiger partial charge in [0.05, 0.1) is 38.9 Å². The van der Waals surface area contributed by atoms with Gasteiger partial charge in [0, 0.05) is 73.6 Å². The number of halogens is 1. The van der Waals surface area contributed by atoms with Crippen LogP contribution in [0.15, 0.2) is 66.4 Å². The van der Waals surface area contributed by atoms with Gasteiger partial charge in [-0.05, 0) is 81.1 Å². The first kappa shape index (κ1) is 44.6. The highest BCUT2D eigenvalue weighted by Gasteiger charge is 2.44. The number of nitrogens with one attached hydrogen (secondary N) is 2. The summed E-state index contributed by atoms with van der Waals surface area (Å²) in [5.74, 6) is 0.194. The molecule has 0 bridgehead atoms. The largest absolute Gasteiger partial charge is 0.391 e. The third-order valence-electron chi connectivity index (χ3n) is 12.6. The number of hydrogen-bond donors (Lipinski definition) is 3. The number of aromatic nitrogens is 4. The van der Waals surface area contributed by atoms with E-state index in [9.17, 15) is 19.5 Å². The number of ketones is 1. The summed E-state index contributed by atoms with van der Waals surface area (Å²) in [6.07, 6.45) is 9.36. The number of para-hydroxylation sites is 1. The molecule has 2 aliphatic heterocycles. The van der Waals surface area contributed by atoms with E-state index in [1.807, 2.05) is 88.8 Å². The summed E-state index contributed by atoms with van der Waals surface area (Å²) in [6, 6.07) is 15.1. The van der Waals surface area contributed by atoms with Crippen molar-refractivity contribution in [2.75, 3.05) is 26.2 Å². The van der Waals surface area contributed by atoms with E-state index in [1.54, 1.807) is 17.5 Å². The Kier molecular flexibility index (Phi) is 14.4. The minimum Gasteiger partial charge on any atom is -0.391 e. The number of H-pyrrole nitrogens is 1. The molecule has 2 saturated heterocycles. The van der Waals surface area contributed by atoms with Gasteiger partial charge in [-0.2, -0.15) is 0 Å². The fourth-order valence-electron chi connectivity index (χ4n) is 9.07. The standard InChI is InChI=1S/C48H60ClN7O4S/c1-30(33-16-18-34(19-17-33)45-31(2)52-29-61-45)53-46(59)42-24-36(58)28-56(42)47(60)39(48(3,4)5)23-35(57)13-7-6-10-20-55-21-11-12-32(27-55)22-43-51-26-40(49)44(54-43)38-25-50-41-15-9-8-14-37(38)41/h8-9,14-19,25-26,29-30,32,36,39,42,50,58H,6-7,10-13,20-24,27-28H2,1-5H3,(H,53,59)/t30-,32-,36+,39+,42-/m0/s1. The van der Waals surface area contributed by atoms with Crippen LogP contribution in [0.4, 0.5) is 0 Å². The van der Waals surface area contributed by atoms with Gasteiger partial charge in [0.2, 0.25) is 11.8 Å². The Morgan fingerprint density at radius 3 is 2.59 bits per heavy atom. The summed E-state index contributed by atoms with van der Waals surface area (Å²) in [5.41, 5.74) is 7.12. The van der Waals surface area contributed by atoms with Gasteiger partial charge in [-0.1, -0.05) is 81.3 Å². The number of rotatable bonds is 16. The first-order valence-corrected chi connectivity index (χ1v) is 23.1. The normalized spacial score (nSPS) is 19.6. The van der Waals surface area contributed by atoms with Gasteiger partial charge < -0.3 is 25.2 Å². The van der Waals surface area contributed by atoms with Gasteiger partial charge in [-0.3, -0.25) is 14.4 Å². The number of aromatic amines is 1. The Labute approximate surface area is 368 Å². The average Bonchev–Trinajstić information content (AvgIpc) is 3.98. The van der Waals surface area contributed by atoms with Crippen LogP contribution < -0.4 is 5.32 Å². The number of nitrogens with zero attached hydrogens (tertiary/aromatic N) is 5. The Morgan fingerprint density at radius 2 is 1.84 bits per heavy atom. The van der Waals surface area contributed by atoms with Crippen molar-refractivity contribution >= 4 is 51.4 Å². The monoisotopic (exact) mass is 865 g/mol. The van der Waals surface area contributed by atoms with Crippen LogP contribution in [-0.2, 0) is 20.8 Å². The number of likely N-dealkylation sites (tertiary alicyclic amines) is 2. The Morgan fingerprint density at radius 1 is 1.05 bits per heavy atom. The number of unbranched alkanes of at least 4 members (excludes halogenated alkanes) is 2. The number of β-amino-alcohol motifs (C(OH)–C–C–N with tert-alkyl or cyclic N) is 1. The topological polar surface area (TPSA) is 144 Å². The molecule has 3 aromatic heterocycles. The lowest BCUT2D eigenvalue weighted by molar-refractivity contribution is -0.146. The van der Waals surface area contributed by atoms with Crippen LogP contribution in [0.1, 0.15) is 102 Å². The Hall–Kier alpha value is -4.49. The third-order valence-corrected chi connectivity index (χ3v) is 13.8. The molecule has 11 nitrogen and oxygen atoms in total. The number of carbonyl (C=O) groups excluding carboxylic acids is 3. The zero-order valence-electron chi connectivity index (χ0n) is 36.1. The highest BCUT2D eigenvalue weighted by Crippen LogP contribution is 2.35. The highest BCUT2D eigenvalue weighted by molar-refractivity contribution is 7.13. The lowest BCUT2D eigenvalue weighted by Gasteiger charge is -2.35. The molecule has 0 spiro atoms. The fraction of sp³-hybridized carbons (Fsp3) is 0.500. The van der Waals surface area contributed by atoms with E-state index in [-0.39, 0.29) is 43.0 Å². The number of carbonyl (C=O) groups is 3. The number of fused-ring (bicyclic) bond motifs is 1. The molecule has 324 valence electrons. The first-order valence-electron chi connectivity index (χ1n) is 21.9. The second kappa shape index (κ2) is 19.7. The summed E-state index contributed by atoms with van der Waals surface area (Å²) >= 11 is 8.20. The molecule has 7 rings (SSSR count). The van der Waals surface area contributed by atoms with Crippen LogP contribution in [0.5, 0.6) is 0 Å². The van der Waals surface area contributed by atoms with Crippen LogP contribution in [0.3, 0.4) is 0 Å². The van der Waals surface area contributed by atoms with Crippen molar-refractivity contribution in [1.29, 1.82) is 0 Å². The van der Waals surface area contributed by atoms with Crippen molar-refractivity contribution < 1.29 is 19.5 Å². The molecule has 0 unspecified atom stereocenters. The molecule has 0 aliphatic carbocycles. The second-order valence-corrected chi connectivity index (χ2v) is 19.5. The Balaban J connectivity index is 0.864. The minimum absolute atomic E-state index is 0.0626. The van der Waals surface area contributed by atoms with Crippen LogP contribution in [0.2, 0.25) is 5.02 Å². The number of aliphatic hydroxyl groups is 1. The maximum Gasteiger partial charge on any atom is 0.243 e. The van der Waals surface area contributed by atoms with Crippen LogP contribution >= 0.6 is 22.9 Å². The SMILES string of the molecule is Cc1ncsc1-c1ccc([C@H](C)NC(=O)[C@@H]2C[C@@H](O)CN2C(=O)[C@@H](CC(=O)CCCCCN2CCC[C@@H](Cc3ncc(Cl)c(-c4c[nH]c5ccccc45)n3)C2)C(C)(C)C)cc1. The molecule has 2 aromatic carbocycles. The molecule has 2 aliphatic rings. The number of thiazole rings is 1. The lowest BCUT2D eigenvalue weighted by Crippen LogP contribution is -2.50. The number of Topliss-reactive ketones (excluding diaryl/α,β-unsaturated/α-hetero) is 1. The molecule has 0 radical (unpaired) electrons. The van der Waals surface area contributed by atoms with Gasteiger partial charge in [0.1, 0.15) is 17.6 Å². The lowest BCUT2D eigenvalue weighted by atomic mass is 9.76. The fourth-order valence-corrected chi connectivity index (χ4v) is 10.1. The summed E-state index contributed by atoms with van der Waals surface area (Å²) in [7, 11) is 0. The number of benzene rings is 2. The van der Waals surface area contributed by atoms with Gasteiger partial charge >= 0.3 is 0 Å². The molecule has 61 heavy (non-hydrogen) atoms. The summed E-state index contributed by atoms with van der Waals surface area (Å²) < 4.78 is 0. The van der Waals surface area contributed by atoms with Crippen molar-refractivity contribution in [3.8, 4) is 21.7 Å². The molecule has 5 heterocycles. The summed E-state index contributed by atoms with van der Waals surface area (Å²) in [4.78, 5) is 63.7. The van der Waals surface area contributed by atoms with E-state index >= 15 is 0 Å². The number of piperidine rings is 1. The van der Waals surface area contributed by atoms with Gasteiger partial charge in [0.15, 0.2) is 0 Å². The molecular weight excluding hydrogens is 806 g/mol. The van der Waals surface area contributed by atoms with E-state index in [0.717, 1.165) is 108 Å². The van der Waals surface area contributed by atoms with E-state index in [1.165, 1.54) is 4.90 Å².